The second-order valence-corrected chi connectivity index (χ2v) is 9.73. The van der Waals surface area contributed by atoms with E-state index < -0.39 is 11.6 Å². The average molecular weight is 492 g/mol. The zero-order chi connectivity index (χ0) is 25.2. The molecule has 1 aliphatic carbocycles. The minimum atomic E-state index is -0.619. The third kappa shape index (κ3) is 4.90. The number of benzene rings is 3. The molecule has 1 fully saturated rings. The number of fused-ring (bicyclic) bond motifs is 1. The van der Waals surface area contributed by atoms with Gasteiger partial charge in [-0.3, -0.25) is 9.29 Å². The lowest BCUT2D eigenvalue weighted by atomic mass is 9.85. The number of halogens is 4. The van der Waals surface area contributed by atoms with Gasteiger partial charge in [0, 0.05) is 36.8 Å². The molecule has 5 rings (SSSR count). The molecule has 3 aromatic rings. The third-order valence-corrected chi connectivity index (χ3v) is 7.15. The van der Waals surface area contributed by atoms with Crippen LogP contribution in [0.3, 0.4) is 0 Å². The van der Waals surface area contributed by atoms with Gasteiger partial charge in [0.1, 0.15) is 17.5 Å². The summed E-state index contributed by atoms with van der Waals surface area (Å²) < 4.78 is 56.6. The number of hydrogen-bond donors (Lipinski definition) is 0. The van der Waals surface area contributed by atoms with Crippen LogP contribution in [0, 0.1) is 24.4 Å². The first kappa shape index (κ1) is 24.5. The Morgan fingerprint density at radius 1 is 0.861 bits per heavy atom. The van der Waals surface area contributed by atoms with Crippen molar-refractivity contribution < 1.29 is 17.6 Å². The zero-order valence-corrected chi connectivity index (χ0v) is 20.4. The van der Waals surface area contributed by atoms with E-state index in [0.29, 0.717) is 30.5 Å². The maximum atomic E-state index is 15.5. The Labute approximate surface area is 209 Å². The van der Waals surface area contributed by atoms with Crippen LogP contribution >= 0.6 is 0 Å². The first-order valence-corrected chi connectivity index (χ1v) is 12.5. The minimum absolute atomic E-state index is 0.326. The number of aryl methyl sites for hydroxylation is 2. The molecule has 0 N–H and O–H groups in total. The molecule has 1 saturated heterocycles. The Bertz CT molecular complexity index is 1350. The maximum absolute atomic E-state index is 15.5. The van der Waals surface area contributed by atoms with Gasteiger partial charge in [-0.05, 0) is 95.8 Å². The van der Waals surface area contributed by atoms with E-state index in [0.717, 1.165) is 71.0 Å². The summed E-state index contributed by atoms with van der Waals surface area (Å²) in [6.07, 6.45) is 4.65. The van der Waals surface area contributed by atoms with Crippen molar-refractivity contribution in [1.82, 2.24) is 4.90 Å². The quantitative estimate of drug-likeness (QED) is 0.319. The van der Waals surface area contributed by atoms with Gasteiger partial charge in [-0.15, -0.1) is 0 Å². The highest BCUT2D eigenvalue weighted by molar-refractivity contribution is 6.00. The van der Waals surface area contributed by atoms with Gasteiger partial charge in [-0.1, -0.05) is 30.3 Å². The summed E-state index contributed by atoms with van der Waals surface area (Å²) >= 11 is 0. The molecule has 0 unspecified atom stereocenters. The molecule has 1 heterocycles. The molecule has 0 spiro atoms. The molecule has 2 aliphatic rings. The summed E-state index contributed by atoms with van der Waals surface area (Å²) in [6.45, 7) is 3.79. The Kier molecular flexibility index (Phi) is 7.10. The van der Waals surface area contributed by atoms with Gasteiger partial charge in [0.2, 0.25) is 0 Å². The van der Waals surface area contributed by atoms with Crippen LogP contribution in [0.4, 0.5) is 17.6 Å². The van der Waals surface area contributed by atoms with E-state index >= 15 is 4.39 Å². The van der Waals surface area contributed by atoms with Gasteiger partial charge in [0.25, 0.3) is 0 Å². The number of alkyl halides is 1. The fraction of sp³-hybridized carbons (Fsp3) is 0.290. The molecule has 36 heavy (non-hydrogen) atoms. The minimum Gasteiger partial charge on any atom is -0.295 e. The highest BCUT2D eigenvalue weighted by Crippen LogP contribution is 2.42. The molecule has 3 aromatic carbocycles. The molecule has 0 amide bonds. The predicted octanol–water partition coefficient (Wildman–Crippen LogP) is 7.77. The lowest BCUT2D eigenvalue weighted by Gasteiger charge is -2.33. The van der Waals surface area contributed by atoms with Crippen LogP contribution in [0.15, 0.2) is 60.2 Å². The second-order valence-electron chi connectivity index (χ2n) is 9.73. The molecule has 186 valence electrons. The summed E-state index contributed by atoms with van der Waals surface area (Å²) in [7, 11) is 0. The van der Waals surface area contributed by atoms with Crippen LogP contribution < -0.4 is 0 Å². The van der Waals surface area contributed by atoms with Crippen molar-refractivity contribution in [1.29, 1.82) is 0 Å². The number of hydrogen-bond acceptors (Lipinski definition) is 1. The zero-order valence-electron chi connectivity index (χ0n) is 20.4. The largest absolute Gasteiger partial charge is 0.295 e. The topological polar surface area (TPSA) is 3.24 Å². The van der Waals surface area contributed by atoms with Crippen LogP contribution in [-0.4, -0.2) is 31.2 Å². The standard InChI is InChI=1S/C31H29F4N/c1-20-14-23(15-21-18-36(19-21)13-5-12-32)29(34)17-28(20)31-25-8-3-2-6-22(25)7-4-9-27(31)26-11-10-24(33)16-30(26)35/h2-3,6,8,10-11,14-17H,4-5,7,9,12-13,18-19H2,1H3. The molecule has 1 nitrogen and oxygen atoms in total. The lowest BCUT2D eigenvalue weighted by molar-refractivity contribution is 0.239. The first-order chi connectivity index (χ1) is 17.4. The molecule has 0 atom stereocenters. The molecule has 0 aromatic heterocycles. The number of likely N-dealkylation sites (tertiary alicyclic amines) is 1. The van der Waals surface area contributed by atoms with E-state index in [-0.39, 0.29) is 12.5 Å². The van der Waals surface area contributed by atoms with Crippen molar-refractivity contribution in [2.24, 2.45) is 0 Å². The molecular weight excluding hydrogens is 462 g/mol. The highest BCUT2D eigenvalue weighted by atomic mass is 19.1. The molecular formula is C31H29F4N. The molecule has 1 aliphatic heterocycles. The number of nitrogens with zero attached hydrogens (tertiary/aromatic N) is 1. The smallest absolute Gasteiger partial charge is 0.133 e. The Balaban J connectivity index is 1.60. The van der Waals surface area contributed by atoms with Crippen molar-refractivity contribution in [2.75, 3.05) is 26.3 Å². The van der Waals surface area contributed by atoms with Crippen LogP contribution in [0.25, 0.3) is 17.2 Å². The average Bonchev–Trinajstić information content (AvgIpc) is 3.02. The molecule has 0 radical (unpaired) electrons. The number of allylic oxidation sites excluding steroid dienone is 1. The predicted molar refractivity (Wildman–Crippen MR) is 138 cm³/mol. The summed E-state index contributed by atoms with van der Waals surface area (Å²) in [5.74, 6) is -1.56. The van der Waals surface area contributed by atoms with E-state index in [1.54, 1.807) is 6.07 Å². The lowest BCUT2D eigenvalue weighted by Crippen LogP contribution is -2.40. The SMILES string of the molecule is Cc1cc(C=C2CN(CCCF)C2)c(F)cc1C1=C(c2ccc(F)cc2F)CCCc2ccccc21. The van der Waals surface area contributed by atoms with Crippen LogP contribution in [0.1, 0.15) is 52.6 Å². The number of rotatable bonds is 6. The fourth-order valence-corrected chi connectivity index (χ4v) is 5.40. The first-order valence-electron chi connectivity index (χ1n) is 12.5. The van der Waals surface area contributed by atoms with E-state index in [1.165, 1.54) is 12.1 Å². The van der Waals surface area contributed by atoms with E-state index in [4.69, 9.17) is 0 Å². The van der Waals surface area contributed by atoms with Crippen LogP contribution in [-0.2, 0) is 6.42 Å². The Hall–Kier alpha value is -3.18. The van der Waals surface area contributed by atoms with Gasteiger partial charge >= 0.3 is 0 Å². The summed E-state index contributed by atoms with van der Waals surface area (Å²) in [6, 6.07) is 15.1. The van der Waals surface area contributed by atoms with E-state index in [9.17, 15) is 13.2 Å². The van der Waals surface area contributed by atoms with Gasteiger partial charge in [-0.2, -0.15) is 0 Å². The van der Waals surface area contributed by atoms with E-state index in [2.05, 4.69) is 11.0 Å². The maximum Gasteiger partial charge on any atom is 0.133 e. The van der Waals surface area contributed by atoms with Gasteiger partial charge in [0.15, 0.2) is 0 Å². The highest BCUT2D eigenvalue weighted by Gasteiger charge is 2.24. The fourth-order valence-electron chi connectivity index (χ4n) is 5.40. The van der Waals surface area contributed by atoms with Crippen LogP contribution in [0.2, 0.25) is 0 Å². The third-order valence-electron chi connectivity index (χ3n) is 7.15. The Morgan fingerprint density at radius 2 is 1.67 bits per heavy atom. The van der Waals surface area contributed by atoms with Crippen molar-refractivity contribution in [3.63, 3.8) is 0 Å². The molecule has 5 heteroatoms. The molecule has 0 saturated carbocycles. The van der Waals surface area contributed by atoms with Gasteiger partial charge in [0.05, 0.1) is 6.67 Å². The van der Waals surface area contributed by atoms with Crippen molar-refractivity contribution in [2.45, 2.75) is 32.6 Å². The summed E-state index contributed by atoms with van der Waals surface area (Å²) in [4.78, 5) is 2.14. The van der Waals surface area contributed by atoms with Gasteiger partial charge in [-0.25, -0.2) is 13.2 Å². The monoisotopic (exact) mass is 491 g/mol. The summed E-state index contributed by atoms with van der Waals surface area (Å²) in [5.41, 5.74) is 7.30. The normalized spacial score (nSPS) is 16.0. The Morgan fingerprint density at radius 3 is 2.44 bits per heavy atom. The van der Waals surface area contributed by atoms with Crippen molar-refractivity contribution in [3.8, 4) is 0 Å². The second kappa shape index (κ2) is 10.4. The molecule has 0 bridgehead atoms. The van der Waals surface area contributed by atoms with Crippen molar-refractivity contribution in [3.05, 3.63) is 111 Å². The van der Waals surface area contributed by atoms with Crippen LogP contribution in [0.5, 0.6) is 0 Å². The van der Waals surface area contributed by atoms with Gasteiger partial charge < -0.3 is 0 Å². The van der Waals surface area contributed by atoms with E-state index in [1.807, 2.05) is 37.3 Å². The van der Waals surface area contributed by atoms with Crippen molar-refractivity contribution >= 4 is 17.2 Å². The summed E-state index contributed by atoms with van der Waals surface area (Å²) in [5, 5.41) is 0.